The maximum Gasteiger partial charge on any atom is 0.303 e. The third kappa shape index (κ3) is 5.12. The first-order valence-electron chi connectivity index (χ1n) is 14.8. The van der Waals surface area contributed by atoms with Crippen molar-refractivity contribution in [1.82, 2.24) is 0 Å². The summed E-state index contributed by atoms with van der Waals surface area (Å²) in [5.74, 6) is 3.50. The molecule has 4 fully saturated rings. The van der Waals surface area contributed by atoms with Crippen LogP contribution in [0.15, 0.2) is 0 Å². The standard InChI is InChI=1S/C31H52O5/c1-19(9-8-16-29(4,5)36-21(3)33)23-12-13-24-22-10-11-26-28(34)27(35-20(2)32)15-18-31(26,7)25(22)14-17-30(23,24)6/h19,22-28,34H,8-18H2,1-7H3/t19-,22+,23-,24+,25+,26+,27+,28-,30-,31-/m1/s1. The summed E-state index contributed by atoms with van der Waals surface area (Å²) >= 11 is 0. The van der Waals surface area contributed by atoms with Crippen LogP contribution >= 0.6 is 0 Å². The molecule has 0 aromatic rings. The predicted octanol–water partition coefficient (Wildman–Crippen LogP) is 6.70. The smallest absolute Gasteiger partial charge is 0.303 e. The molecule has 0 amide bonds. The number of aliphatic hydroxyl groups is 1. The van der Waals surface area contributed by atoms with E-state index >= 15 is 0 Å². The van der Waals surface area contributed by atoms with Gasteiger partial charge in [0.2, 0.25) is 0 Å². The van der Waals surface area contributed by atoms with Crippen molar-refractivity contribution in [3.8, 4) is 0 Å². The summed E-state index contributed by atoms with van der Waals surface area (Å²) in [6.07, 6.45) is 11.8. The Morgan fingerprint density at radius 1 is 0.917 bits per heavy atom. The van der Waals surface area contributed by atoms with Gasteiger partial charge in [0.15, 0.2) is 0 Å². The molecule has 1 N–H and O–H groups in total. The van der Waals surface area contributed by atoms with Crippen LogP contribution in [0.1, 0.15) is 119 Å². The Kier molecular flexibility index (Phi) is 7.93. The highest BCUT2D eigenvalue weighted by Gasteiger charge is 2.62. The van der Waals surface area contributed by atoms with Gasteiger partial charge in [-0.1, -0.05) is 27.2 Å². The van der Waals surface area contributed by atoms with Gasteiger partial charge >= 0.3 is 11.9 Å². The van der Waals surface area contributed by atoms with E-state index in [1.165, 1.54) is 52.4 Å². The van der Waals surface area contributed by atoms with E-state index in [1.54, 1.807) is 0 Å². The van der Waals surface area contributed by atoms with Gasteiger partial charge in [-0.15, -0.1) is 0 Å². The van der Waals surface area contributed by atoms with Crippen molar-refractivity contribution in [2.24, 2.45) is 46.3 Å². The molecule has 0 aromatic heterocycles. The van der Waals surface area contributed by atoms with Gasteiger partial charge in [-0.05, 0) is 124 Å². The second-order valence-corrected chi connectivity index (χ2v) is 14.2. The highest BCUT2D eigenvalue weighted by atomic mass is 16.6. The van der Waals surface area contributed by atoms with Crippen molar-refractivity contribution >= 4 is 11.9 Å². The number of hydrogen-bond donors (Lipinski definition) is 1. The van der Waals surface area contributed by atoms with Crippen LogP contribution in [0, 0.1) is 46.3 Å². The summed E-state index contributed by atoms with van der Waals surface area (Å²) in [4.78, 5) is 23.0. The molecule has 5 heteroatoms. The number of ether oxygens (including phenoxy) is 2. The Bertz CT molecular complexity index is 822. The molecule has 0 aliphatic heterocycles. The van der Waals surface area contributed by atoms with Crippen molar-refractivity contribution in [2.45, 2.75) is 137 Å². The lowest BCUT2D eigenvalue weighted by Crippen LogP contribution is -2.58. The molecule has 4 rings (SSSR count). The third-order valence-electron chi connectivity index (χ3n) is 11.6. The molecule has 0 aromatic carbocycles. The number of esters is 2. The third-order valence-corrected chi connectivity index (χ3v) is 11.6. The summed E-state index contributed by atoms with van der Waals surface area (Å²) in [7, 11) is 0. The van der Waals surface area contributed by atoms with Gasteiger partial charge in [-0.3, -0.25) is 9.59 Å². The molecular weight excluding hydrogens is 452 g/mol. The van der Waals surface area contributed by atoms with Crippen molar-refractivity contribution in [1.29, 1.82) is 0 Å². The molecule has 0 spiro atoms. The van der Waals surface area contributed by atoms with E-state index in [0.29, 0.717) is 17.3 Å². The first-order valence-corrected chi connectivity index (χ1v) is 14.8. The van der Waals surface area contributed by atoms with Crippen LogP contribution in [-0.2, 0) is 19.1 Å². The minimum Gasteiger partial charge on any atom is -0.460 e. The summed E-state index contributed by atoms with van der Waals surface area (Å²) in [5.41, 5.74) is 0.202. The average molecular weight is 505 g/mol. The Morgan fingerprint density at radius 2 is 1.56 bits per heavy atom. The fourth-order valence-electron chi connectivity index (χ4n) is 10.1. The lowest BCUT2D eigenvalue weighted by atomic mass is 9.44. The molecule has 4 aliphatic carbocycles. The summed E-state index contributed by atoms with van der Waals surface area (Å²) in [6.45, 7) is 14.5. The highest BCUT2D eigenvalue weighted by molar-refractivity contribution is 5.66. The first-order chi connectivity index (χ1) is 16.8. The van der Waals surface area contributed by atoms with Gasteiger partial charge < -0.3 is 14.6 Å². The van der Waals surface area contributed by atoms with E-state index in [1.807, 2.05) is 13.8 Å². The van der Waals surface area contributed by atoms with Crippen LogP contribution in [0.3, 0.4) is 0 Å². The van der Waals surface area contributed by atoms with Crippen molar-refractivity contribution in [3.63, 3.8) is 0 Å². The van der Waals surface area contributed by atoms with Crippen LogP contribution < -0.4 is 0 Å². The van der Waals surface area contributed by atoms with Gasteiger partial charge in [0.25, 0.3) is 0 Å². The van der Waals surface area contributed by atoms with E-state index < -0.39 is 6.10 Å². The SMILES string of the molecule is CC(=O)O[C@H]1CC[C@@]2(C)[C@@H](CC[C@@H]3[C@@H]2CC[C@]2(C)[C@@H]([C@H](C)CCCC(C)(C)OC(C)=O)CC[C@@H]32)[C@H]1O. The summed E-state index contributed by atoms with van der Waals surface area (Å²) < 4.78 is 11.0. The Labute approximate surface area is 219 Å². The predicted molar refractivity (Wildman–Crippen MR) is 141 cm³/mol. The minimum absolute atomic E-state index is 0.159. The zero-order valence-electron chi connectivity index (χ0n) is 24.0. The quantitative estimate of drug-likeness (QED) is 0.391. The Morgan fingerprint density at radius 3 is 2.22 bits per heavy atom. The zero-order valence-corrected chi connectivity index (χ0v) is 24.0. The lowest BCUT2D eigenvalue weighted by Gasteiger charge is -2.62. The number of carbonyl (C=O) groups is 2. The molecule has 4 saturated carbocycles. The van der Waals surface area contributed by atoms with Gasteiger partial charge in [-0.2, -0.15) is 0 Å². The molecule has 0 unspecified atom stereocenters. The van der Waals surface area contributed by atoms with Crippen molar-refractivity contribution in [2.75, 3.05) is 0 Å². The molecule has 0 bridgehead atoms. The van der Waals surface area contributed by atoms with Gasteiger partial charge in [-0.25, -0.2) is 0 Å². The maximum absolute atomic E-state index is 11.6. The highest BCUT2D eigenvalue weighted by Crippen LogP contribution is 2.68. The van der Waals surface area contributed by atoms with Crippen molar-refractivity contribution < 1.29 is 24.2 Å². The van der Waals surface area contributed by atoms with E-state index in [-0.39, 0.29) is 35.0 Å². The normalized spacial score (nSPS) is 43.1. The molecular formula is C31H52O5. The Hall–Kier alpha value is -1.10. The number of rotatable bonds is 7. The van der Waals surface area contributed by atoms with Crippen molar-refractivity contribution in [3.05, 3.63) is 0 Å². The number of carbonyl (C=O) groups excluding carboxylic acids is 2. The Balaban J connectivity index is 1.40. The number of hydrogen-bond acceptors (Lipinski definition) is 5. The lowest BCUT2D eigenvalue weighted by molar-refractivity contribution is -0.191. The second kappa shape index (κ2) is 10.2. The zero-order chi connectivity index (χ0) is 26.5. The largest absolute Gasteiger partial charge is 0.460 e. The minimum atomic E-state index is -0.519. The monoisotopic (exact) mass is 504 g/mol. The summed E-state index contributed by atoms with van der Waals surface area (Å²) in [6, 6.07) is 0. The molecule has 206 valence electrons. The first kappa shape index (κ1) is 27.9. The average Bonchev–Trinajstić information content (AvgIpc) is 3.12. The topological polar surface area (TPSA) is 72.8 Å². The van der Waals surface area contributed by atoms with Crippen LogP contribution in [0.25, 0.3) is 0 Å². The second-order valence-electron chi connectivity index (χ2n) is 14.2. The molecule has 36 heavy (non-hydrogen) atoms. The van der Waals surface area contributed by atoms with Crippen LogP contribution in [0.2, 0.25) is 0 Å². The van der Waals surface area contributed by atoms with E-state index in [2.05, 4.69) is 20.8 Å². The fourth-order valence-corrected chi connectivity index (χ4v) is 10.1. The van der Waals surface area contributed by atoms with Gasteiger partial charge in [0.1, 0.15) is 11.7 Å². The number of aliphatic hydroxyl groups excluding tert-OH is 1. The van der Waals surface area contributed by atoms with E-state index in [4.69, 9.17) is 9.47 Å². The van der Waals surface area contributed by atoms with Gasteiger partial charge in [0.05, 0.1) is 6.10 Å². The molecule has 0 heterocycles. The molecule has 0 radical (unpaired) electrons. The van der Waals surface area contributed by atoms with E-state index in [0.717, 1.165) is 49.9 Å². The van der Waals surface area contributed by atoms with Crippen LogP contribution in [-0.4, -0.2) is 34.9 Å². The van der Waals surface area contributed by atoms with E-state index in [9.17, 15) is 14.7 Å². The van der Waals surface area contributed by atoms with Gasteiger partial charge in [0, 0.05) is 13.8 Å². The number of fused-ring (bicyclic) bond motifs is 5. The molecule has 10 atom stereocenters. The molecule has 0 saturated heterocycles. The van der Waals surface area contributed by atoms with Crippen LogP contribution in [0.4, 0.5) is 0 Å². The fraction of sp³-hybridized carbons (Fsp3) is 0.935. The maximum atomic E-state index is 11.6. The van der Waals surface area contributed by atoms with Crippen LogP contribution in [0.5, 0.6) is 0 Å². The summed E-state index contributed by atoms with van der Waals surface area (Å²) in [5, 5.41) is 11.2. The molecule has 5 nitrogen and oxygen atoms in total. The molecule has 4 aliphatic rings.